The van der Waals surface area contributed by atoms with Gasteiger partial charge in [0.25, 0.3) is 5.91 Å². The summed E-state index contributed by atoms with van der Waals surface area (Å²) >= 11 is 0. The number of likely N-dealkylation sites (tertiary alicyclic amines) is 1. The normalized spacial score (nSPS) is 16.4. The first-order valence-electron chi connectivity index (χ1n) is 9.27. The van der Waals surface area contributed by atoms with Gasteiger partial charge in [-0.3, -0.25) is 14.4 Å². The molecule has 1 atom stereocenters. The second kappa shape index (κ2) is 8.60. The Kier molecular flexibility index (Phi) is 6.14. The fourth-order valence-electron chi connectivity index (χ4n) is 3.31. The quantitative estimate of drug-likeness (QED) is 0.773. The standard InChI is InChI=1S/C20H20F3N3O4/c1-24-18(28)14-6-3-9-26(14)17(27)11-25-19(29)16-8-7-15(30-16)12-4-2-5-13(10-12)20(21,22)23/h2,4-5,7-8,10,14H,3,6,9,11H2,1H3,(H,24,28)(H,25,29). The molecule has 1 aromatic heterocycles. The van der Waals surface area contributed by atoms with Crippen molar-refractivity contribution in [1.29, 1.82) is 0 Å². The molecule has 1 aliphatic rings. The molecule has 1 fully saturated rings. The van der Waals surface area contributed by atoms with Crippen molar-refractivity contribution in [3.63, 3.8) is 0 Å². The van der Waals surface area contributed by atoms with Gasteiger partial charge >= 0.3 is 6.18 Å². The molecule has 3 rings (SSSR count). The molecule has 1 aromatic carbocycles. The third-order valence-electron chi connectivity index (χ3n) is 4.83. The van der Waals surface area contributed by atoms with Crippen LogP contribution >= 0.6 is 0 Å². The van der Waals surface area contributed by atoms with E-state index in [-0.39, 0.29) is 29.5 Å². The Morgan fingerprint density at radius 2 is 1.97 bits per heavy atom. The first kappa shape index (κ1) is 21.4. The zero-order valence-corrected chi connectivity index (χ0v) is 16.1. The lowest BCUT2D eigenvalue weighted by atomic mass is 10.1. The van der Waals surface area contributed by atoms with Crippen molar-refractivity contribution in [2.45, 2.75) is 25.1 Å². The van der Waals surface area contributed by atoms with Crippen LogP contribution < -0.4 is 10.6 Å². The van der Waals surface area contributed by atoms with E-state index in [1.807, 2.05) is 0 Å². The molecular formula is C20H20F3N3O4. The van der Waals surface area contributed by atoms with Gasteiger partial charge in [-0.1, -0.05) is 12.1 Å². The van der Waals surface area contributed by atoms with Gasteiger partial charge < -0.3 is 20.0 Å². The van der Waals surface area contributed by atoms with Gasteiger partial charge in [-0.25, -0.2) is 0 Å². The number of nitrogens with one attached hydrogen (secondary N) is 2. The molecular weight excluding hydrogens is 403 g/mol. The third kappa shape index (κ3) is 4.64. The van der Waals surface area contributed by atoms with Gasteiger partial charge in [0.2, 0.25) is 11.8 Å². The van der Waals surface area contributed by atoms with Crippen LogP contribution in [-0.4, -0.2) is 48.8 Å². The number of likely N-dealkylation sites (N-methyl/N-ethyl adjacent to an activating group) is 1. The largest absolute Gasteiger partial charge is 0.451 e. The minimum absolute atomic E-state index is 0.0943. The number of carbonyl (C=O) groups excluding carboxylic acids is 3. The monoisotopic (exact) mass is 423 g/mol. The molecule has 0 bridgehead atoms. The Morgan fingerprint density at radius 1 is 1.20 bits per heavy atom. The number of furan rings is 1. The predicted octanol–water partition coefficient (Wildman–Crippen LogP) is 2.43. The first-order chi connectivity index (χ1) is 14.2. The highest BCUT2D eigenvalue weighted by Crippen LogP contribution is 2.32. The minimum Gasteiger partial charge on any atom is -0.451 e. The molecule has 0 saturated carbocycles. The second-order valence-corrected chi connectivity index (χ2v) is 6.78. The van der Waals surface area contributed by atoms with Gasteiger partial charge in [-0.15, -0.1) is 0 Å². The maximum Gasteiger partial charge on any atom is 0.416 e. The molecule has 160 valence electrons. The fraction of sp³-hybridized carbons (Fsp3) is 0.350. The molecule has 1 unspecified atom stereocenters. The number of nitrogens with zero attached hydrogens (tertiary/aromatic N) is 1. The summed E-state index contributed by atoms with van der Waals surface area (Å²) in [4.78, 5) is 37.9. The maximum absolute atomic E-state index is 12.9. The van der Waals surface area contributed by atoms with E-state index in [0.29, 0.717) is 19.4 Å². The van der Waals surface area contributed by atoms with Crippen LogP contribution in [0.15, 0.2) is 40.8 Å². The number of alkyl halides is 3. The molecule has 2 aromatic rings. The molecule has 7 nitrogen and oxygen atoms in total. The van der Waals surface area contributed by atoms with Crippen LogP contribution in [0.5, 0.6) is 0 Å². The Hall–Kier alpha value is -3.30. The van der Waals surface area contributed by atoms with Crippen molar-refractivity contribution in [2.75, 3.05) is 20.1 Å². The lowest BCUT2D eigenvalue weighted by Gasteiger charge is -2.23. The van der Waals surface area contributed by atoms with Gasteiger partial charge in [-0.05, 0) is 37.1 Å². The van der Waals surface area contributed by atoms with Crippen molar-refractivity contribution >= 4 is 17.7 Å². The molecule has 1 saturated heterocycles. The number of rotatable bonds is 5. The van der Waals surface area contributed by atoms with Gasteiger partial charge in [0, 0.05) is 19.2 Å². The summed E-state index contributed by atoms with van der Waals surface area (Å²) in [5.74, 6) is -1.39. The lowest BCUT2D eigenvalue weighted by molar-refractivity contribution is -0.137. The number of carbonyl (C=O) groups is 3. The zero-order chi connectivity index (χ0) is 21.9. The summed E-state index contributed by atoms with van der Waals surface area (Å²) < 4.78 is 44.0. The predicted molar refractivity (Wildman–Crippen MR) is 100 cm³/mol. The third-order valence-corrected chi connectivity index (χ3v) is 4.83. The van der Waals surface area contributed by atoms with Crippen LogP contribution in [0.3, 0.4) is 0 Å². The van der Waals surface area contributed by atoms with E-state index >= 15 is 0 Å². The Labute approximate surface area is 170 Å². The number of halogens is 3. The summed E-state index contributed by atoms with van der Waals surface area (Å²) in [6.07, 6.45) is -3.25. The molecule has 2 N–H and O–H groups in total. The molecule has 10 heteroatoms. The lowest BCUT2D eigenvalue weighted by Crippen LogP contribution is -2.48. The Bertz CT molecular complexity index is 955. The summed E-state index contributed by atoms with van der Waals surface area (Å²) in [6.45, 7) is 0.0964. The molecule has 0 aliphatic carbocycles. The van der Waals surface area contributed by atoms with E-state index < -0.39 is 29.6 Å². The average Bonchev–Trinajstić information content (AvgIpc) is 3.40. The molecule has 1 aliphatic heterocycles. The summed E-state index contributed by atoms with van der Waals surface area (Å²) in [7, 11) is 1.49. The van der Waals surface area contributed by atoms with E-state index in [1.54, 1.807) is 0 Å². The highest BCUT2D eigenvalue weighted by atomic mass is 19.4. The van der Waals surface area contributed by atoms with Crippen LogP contribution in [0, 0.1) is 0 Å². The number of hydrogen-bond donors (Lipinski definition) is 2. The van der Waals surface area contributed by atoms with Crippen LogP contribution in [0.1, 0.15) is 29.0 Å². The van der Waals surface area contributed by atoms with Crippen LogP contribution in [-0.2, 0) is 15.8 Å². The average molecular weight is 423 g/mol. The highest BCUT2D eigenvalue weighted by molar-refractivity contribution is 5.95. The highest BCUT2D eigenvalue weighted by Gasteiger charge is 2.33. The van der Waals surface area contributed by atoms with E-state index in [9.17, 15) is 27.6 Å². The summed E-state index contributed by atoms with van der Waals surface area (Å²) in [5, 5.41) is 4.93. The molecule has 0 spiro atoms. The van der Waals surface area contributed by atoms with E-state index in [4.69, 9.17) is 4.42 Å². The second-order valence-electron chi connectivity index (χ2n) is 6.78. The maximum atomic E-state index is 12.9. The molecule has 2 heterocycles. The molecule has 3 amide bonds. The van der Waals surface area contributed by atoms with Gasteiger partial charge in [0.05, 0.1) is 12.1 Å². The SMILES string of the molecule is CNC(=O)C1CCCN1C(=O)CNC(=O)c1ccc(-c2cccc(C(F)(F)F)c2)o1. The smallest absolute Gasteiger partial charge is 0.416 e. The summed E-state index contributed by atoms with van der Waals surface area (Å²) in [6, 6.07) is 6.69. The topological polar surface area (TPSA) is 91.7 Å². The van der Waals surface area contributed by atoms with Crippen molar-refractivity contribution in [3.8, 4) is 11.3 Å². The van der Waals surface area contributed by atoms with Gasteiger partial charge in [0.1, 0.15) is 11.8 Å². The van der Waals surface area contributed by atoms with E-state index in [1.165, 1.54) is 36.2 Å². The van der Waals surface area contributed by atoms with Crippen LogP contribution in [0.4, 0.5) is 13.2 Å². The van der Waals surface area contributed by atoms with Crippen LogP contribution in [0.2, 0.25) is 0 Å². The molecule has 0 radical (unpaired) electrons. The van der Waals surface area contributed by atoms with Crippen LogP contribution in [0.25, 0.3) is 11.3 Å². The van der Waals surface area contributed by atoms with E-state index in [2.05, 4.69) is 10.6 Å². The van der Waals surface area contributed by atoms with Crippen molar-refractivity contribution in [2.24, 2.45) is 0 Å². The Balaban J connectivity index is 1.63. The number of amides is 3. The number of benzene rings is 1. The van der Waals surface area contributed by atoms with Gasteiger partial charge in [-0.2, -0.15) is 13.2 Å². The summed E-state index contributed by atoms with van der Waals surface area (Å²) in [5.41, 5.74) is -0.658. The molecule has 30 heavy (non-hydrogen) atoms. The van der Waals surface area contributed by atoms with Crippen molar-refractivity contribution in [1.82, 2.24) is 15.5 Å². The minimum atomic E-state index is -4.49. The van der Waals surface area contributed by atoms with E-state index in [0.717, 1.165) is 12.1 Å². The van der Waals surface area contributed by atoms with Gasteiger partial charge in [0.15, 0.2) is 5.76 Å². The number of hydrogen-bond acceptors (Lipinski definition) is 4. The van der Waals surface area contributed by atoms with Crippen molar-refractivity contribution < 1.29 is 32.0 Å². The van der Waals surface area contributed by atoms with Crippen molar-refractivity contribution in [3.05, 3.63) is 47.7 Å². The first-order valence-corrected chi connectivity index (χ1v) is 9.27. The fourth-order valence-corrected chi connectivity index (χ4v) is 3.31. The zero-order valence-electron chi connectivity index (χ0n) is 16.1. The Morgan fingerprint density at radius 3 is 2.67 bits per heavy atom.